The summed E-state index contributed by atoms with van der Waals surface area (Å²) in [6.45, 7) is -0.434. The van der Waals surface area contributed by atoms with Gasteiger partial charge in [-0.2, -0.15) is 5.26 Å². The third-order valence-corrected chi connectivity index (χ3v) is 5.12. The zero-order valence-corrected chi connectivity index (χ0v) is 14.5. The van der Waals surface area contributed by atoms with Crippen LogP contribution < -0.4 is 4.74 Å². The van der Waals surface area contributed by atoms with Gasteiger partial charge in [-0.05, 0) is 36.4 Å². The third kappa shape index (κ3) is 4.70. The Morgan fingerprint density at radius 3 is 2.44 bits per heavy atom. The molecule has 1 aromatic carbocycles. The molecular weight excluding hydrogens is 349 g/mol. The number of nitriles is 1. The van der Waals surface area contributed by atoms with Gasteiger partial charge in [0.2, 0.25) is 0 Å². The molecule has 0 aliphatic heterocycles. The van der Waals surface area contributed by atoms with E-state index in [4.69, 9.17) is 28.2 Å². The number of furan rings is 1. The van der Waals surface area contributed by atoms with E-state index in [1.54, 1.807) is 30.3 Å². The lowest BCUT2D eigenvalue weighted by Crippen LogP contribution is -2.19. The third-order valence-electron chi connectivity index (χ3n) is 3.17. The topological polar surface area (TPSA) is 108 Å². The minimum absolute atomic E-state index is 0.124. The van der Waals surface area contributed by atoms with E-state index in [2.05, 4.69) is 0 Å². The molecule has 9 heteroatoms. The summed E-state index contributed by atoms with van der Waals surface area (Å²) in [4.78, 5) is 12.1. The number of carbonyl (C=O) groups is 1. The Labute approximate surface area is 144 Å². The number of ether oxygens (including phenoxy) is 2. The highest BCUT2D eigenvalue weighted by molar-refractivity contribution is 7.54. The number of hydrogen-bond donors (Lipinski definition) is 0. The van der Waals surface area contributed by atoms with E-state index in [0.29, 0.717) is 11.3 Å². The molecule has 1 atom stereocenters. The summed E-state index contributed by atoms with van der Waals surface area (Å²) >= 11 is 0. The van der Waals surface area contributed by atoms with Crippen molar-refractivity contribution in [2.75, 3.05) is 20.8 Å². The molecule has 0 bridgehead atoms. The minimum Gasteiger partial charge on any atom is -0.482 e. The van der Waals surface area contributed by atoms with E-state index >= 15 is 0 Å². The molecule has 25 heavy (non-hydrogen) atoms. The van der Waals surface area contributed by atoms with Gasteiger partial charge in [0.25, 0.3) is 5.85 Å². The van der Waals surface area contributed by atoms with Gasteiger partial charge in [0.1, 0.15) is 5.75 Å². The zero-order chi connectivity index (χ0) is 18.3. The Morgan fingerprint density at radius 2 is 1.92 bits per heavy atom. The Bertz CT molecular complexity index is 772. The van der Waals surface area contributed by atoms with Crippen LogP contribution >= 0.6 is 7.60 Å². The highest BCUT2D eigenvalue weighted by Gasteiger charge is 2.41. The van der Waals surface area contributed by atoms with E-state index in [1.165, 1.54) is 26.5 Å². The molecule has 0 saturated heterocycles. The van der Waals surface area contributed by atoms with Crippen molar-refractivity contribution in [1.82, 2.24) is 0 Å². The van der Waals surface area contributed by atoms with Gasteiger partial charge in [-0.3, -0.25) is 4.57 Å². The maximum absolute atomic E-state index is 12.6. The zero-order valence-electron chi connectivity index (χ0n) is 13.6. The van der Waals surface area contributed by atoms with Crippen molar-refractivity contribution in [2.45, 2.75) is 5.85 Å². The van der Waals surface area contributed by atoms with E-state index in [0.717, 1.165) is 0 Å². The molecule has 0 N–H and O–H groups in total. The number of rotatable bonds is 8. The molecule has 132 valence electrons. The maximum atomic E-state index is 12.6. The first-order valence-corrected chi connectivity index (χ1v) is 8.70. The highest BCUT2D eigenvalue weighted by atomic mass is 31.2. The van der Waals surface area contributed by atoms with E-state index < -0.39 is 26.0 Å². The molecule has 0 fully saturated rings. The van der Waals surface area contributed by atoms with Crippen LogP contribution in [0.3, 0.4) is 0 Å². The molecule has 0 aliphatic carbocycles. The van der Waals surface area contributed by atoms with Crippen molar-refractivity contribution in [3.63, 3.8) is 0 Å². The fraction of sp³-hybridized carbons (Fsp3) is 0.250. The van der Waals surface area contributed by atoms with E-state index in [1.807, 2.05) is 6.07 Å². The number of carbonyl (C=O) groups excluding carboxylic acids is 1. The standard InChI is InChI=1S/C16H16NO7P/c1-20-25(19,21-2)16(14-4-3-9-22-14)24-15(18)11-23-13-7-5-12(10-17)6-8-13/h3-9,16H,11H2,1-2H3. The van der Waals surface area contributed by atoms with Crippen molar-refractivity contribution in [1.29, 1.82) is 5.26 Å². The van der Waals surface area contributed by atoms with Crippen LogP contribution in [-0.4, -0.2) is 26.8 Å². The van der Waals surface area contributed by atoms with Gasteiger partial charge in [0, 0.05) is 14.2 Å². The molecule has 1 heterocycles. The van der Waals surface area contributed by atoms with Crippen LogP contribution in [0.25, 0.3) is 0 Å². The molecule has 1 aromatic heterocycles. The molecule has 8 nitrogen and oxygen atoms in total. The lowest BCUT2D eigenvalue weighted by atomic mass is 10.2. The van der Waals surface area contributed by atoms with Crippen molar-refractivity contribution in [3.8, 4) is 11.8 Å². The summed E-state index contributed by atoms with van der Waals surface area (Å²) in [6, 6.07) is 11.2. The summed E-state index contributed by atoms with van der Waals surface area (Å²) in [5.41, 5.74) is 0.467. The van der Waals surface area contributed by atoms with Gasteiger partial charge < -0.3 is 22.9 Å². The van der Waals surface area contributed by atoms with Crippen molar-refractivity contribution < 1.29 is 32.3 Å². The van der Waals surface area contributed by atoms with Gasteiger partial charge in [0.05, 0.1) is 17.9 Å². The van der Waals surface area contributed by atoms with E-state index in [9.17, 15) is 9.36 Å². The molecular formula is C16H16NO7P. The quantitative estimate of drug-likeness (QED) is 0.518. The molecule has 0 radical (unpaired) electrons. The van der Waals surface area contributed by atoms with Gasteiger partial charge >= 0.3 is 13.6 Å². The summed E-state index contributed by atoms with van der Waals surface area (Å²) in [6.07, 6.45) is 1.35. The average Bonchev–Trinajstić information content (AvgIpc) is 3.18. The molecule has 0 spiro atoms. The monoisotopic (exact) mass is 365 g/mol. The Balaban J connectivity index is 2.04. The molecule has 2 rings (SSSR count). The first-order valence-electron chi connectivity index (χ1n) is 7.09. The number of nitrogens with zero attached hydrogens (tertiary/aromatic N) is 1. The van der Waals surface area contributed by atoms with E-state index in [-0.39, 0.29) is 5.76 Å². The summed E-state index contributed by atoms with van der Waals surface area (Å²) in [5, 5.41) is 8.74. The van der Waals surface area contributed by atoms with Crippen LogP contribution in [-0.2, 0) is 23.1 Å². The first kappa shape index (κ1) is 18.7. The van der Waals surface area contributed by atoms with Crippen LogP contribution in [0.1, 0.15) is 17.2 Å². The summed E-state index contributed by atoms with van der Waals surface area (Å²) < 4.78 is 38.0. The second-order valence-corrected chi connectivity index (χ2v) is 6.97. The lowest BCUT2D eigenvalue weighted by Gasteiger charge is -2.22. The van der Waals surface area contributed by atoms with Gasteiger partial charge in [-0.15, -0.1) is 0 Å². The predicted octanol–water partition coefficient (Wildman–Crippen LogP) is 3.26. The molecule has 0 amide bonds. The molecule has 0 aliphatic rings. The molecule has 0 saturated carbocycles. The van der Waals surface area contributed by atoms with Crippen LogP contribution in [0.15, 0.2) is 47.1 Å². The fourth-order valence-electron chi connectivity index (χ4n) is 1.90. The van der Waals surface area contributed by atoms with Crippen LogP contribution in [0.4, 0.5) is 0 Å². The molecule has 1 unspecified atom stereocenters. The Morgan fingerprint density at radius 1 is 1.24 bits per heavy atom. The van der Waals surface area contributed by atoms with Gasteiger partial charge in [-0.1, -0.05) is 0 Å². The lowest BCUT2D eigenvalue weighted by molar-refractivity contribution is -0.149. The summed E-state index contributed by atoms with van der Waals surface area (Å²) in [7, 11) is -1.40. The maximum Gasteiger partial charge on any atom is 0.378 e. The SMILES string of the molecule is COP(=O)(OC)C(OC(=O)COc1ccc(C#N)cc1)c1ccco1. The number of benzene rings is 1. The second kappa shape index (κ2) is 8.49. The van der Waals surface area contributed by atoms with Gasteiger partial charge in [-0.25, -0.2) is 4.79 Å². The smallest absolute Gasteiger partial charge is 0.378 e. The van der Waals surface area contributed by atoms with Crippen LogP contribution in [0.2, 0.25) is 0 Å². The number of hydrogen-bond acceptors (Lipinski definition) is 8. The fourth-order valence-corrected chi connectivity index (χ4v) is 3.14. The Hall–Kier alpha value is -2.59. The minimum atomic E-state index is -3.77. The van der Waals surface area contributed by atoms with Crippen molar-refractivity contribution >= 4 is 13.6 Å². The predicted molar refractivity (Wildman–Crippen MR) is 85.8 cm³/mol. The normalized spacial score (nSPS) is 12.2. The second-order valence-electron chi connectivity index (χ2n) is 4.69. The van der Waals surface area contributed by atoms with Crippen molar-refractivity contribution in [2.24, 2.45) is 0 Å². The first-order chi connectivity index (χ1) is 12.0. The Kier molecular flexibility index (Phi) is 6.37. The largest absolute Gasteiger partial charge is 0.482 e. The molecule has 2 aromatic rings. The van der Waals surface area contributed by atoms with Crippen LogP contribution in [0.5, 0.6) is 5.75 Å². The van der Waals surface area contributed by atoms with Crippen molar-refractivity contribution in [3.05, 3.63) is 54.0 Å². The number of esters is 1. The van der Waals surface area contributed by atoms with Gasteiger partial charge in [0.15, 0.2) is 12.4 Å². The highest BCUT2D eigenvalue weighted by Crippen LogP contribution is 2.60. The summed E-state index contributed by atoms with van der Waals surface area (Å²) in [5.74, 6) is -1.64. The van der Waals surface area contributed by atoms with Crippen LogP contribution in [0, 0.1) is 11.3 Å². The average molecular weight is 365 g/mol.